The van der Waals surface area contributed by atoms with Gasteiger partial charge in [0.15, 0.2) is 0 Å². The second kappa shape index (κ2) is 4.45. The first-order valence-electron chi connectivity index (χ1n) is 4.75. The number of aryl methyl sites for hydroxylation is 1. The third-order valence-electron chi connectivity index (χ3n) is 2.14. The Morgan fingerprint density at radius 1 is 1.12 bits per heavy atom. The summed E-state index contributed by atoms with van der Waals surface area (Å²) < 4.78 is 16.7. The van der Waals surface area contributed by atoms with E-state index in [2.05, 4.69) is 4.42 Å². The van der Waals surface area contributed by atoms with Crippen molar-refractivity contribution < 1.29 is 8.63 Å². The van der Waals surface area contributed by atoms with Crippen molar-refractivity contribution in [1.82, 2.24) is 0 Å². The van der Waals surface area contributed by atoms with Gasteiger partial charge >= 0.3 is 5.63 Å². The van der Waals surface area contributed by atoms with E-state index >= 15 is 0 Å². The zero-order valence-corrected chi connectivity index (χ0v) is 9.49. The Bertz CT molecular complexity index is 569. The lowest BCUT2D eigenvalue weighted by atomic mass is 10.2. The molecule has 0 fully saturated rings. The zero-order chi connectivity index (χ0) is 11.5. The van der Waals surface area contributed by atoms with E-state index in [9.17, 15) is 9.00 Å². The topological polar surface area (TPSA) is 47.3 Å². The third-order valence-corrected chi connectivity index (χ3v) is 3.54. The summed E-state index contributed by atoms with van der Waals surface area (Å²) in [5.41, 5.74) is 0.530. The summed E-state index contributed by atoms with van der Waals surface area (Å²) in [6, 6.07) is 10.3. The zero-order valence-electron chi connectivity index (χ0n) is 8.67. The first kappa shape index (κ1) is 10.8. The number of benzene rings is 1. The SMILES string of the molecule is Cc1ccc(S(=O)c2cccoc2=O)cc1. The second-order valence-electron chi connectivity index (χ2n) is 3.35. The van der Waals surface area contributed by atoms with E-state index in [1.807, 2.05) is 19.1 Å². The molecule has 0 radical (unpaired) electrons. The fourth-order valence-electron chi connectivity index (χ4n) is 1.28. The maximum atomic E-state index is 12.0. The summed E-state index contributed by atoms with van der Waals surface area (Å²) in [7, 11) is -1.47. The highest BCUT2D eigenvalue weighted by atomic mass is 32.2. The normalized spacial score (nSPS) is 12.3. The van der Waals surface area contributed by atoms with E-state index in [0.29, 0.717) is 4.90 Å². The average molecular weight is 234 g/mol. The van der Waals surface area contributed by atoms with E-state index in [-0.39, 0.29) is 4.90 Å². The van der Waals surface area contributed by atoms with Crippen LogP contribution in [0.25, 0.3) is 0 Å². The van der Waals surface area contributed by atoms with E-state index in [4.69, 9.17) is 0 Å². The van der Waals surface area contributed by atoms with Crippen LogP contribution in [0.1, 0.15) is 5.56 Å². The molecule has 4 heteroatoms. The van der Waals surface area contributed by atoms with Gasteiger partial charge in [-0.25, -0.2) is 9.00 Å². The van der Waals surface area contributed by atoms with Crippen molar-refractivity contribution in [3.8, 4) is 0 Å². The van der Waals surface area contributed by atoms with E-state index in [1.165, 1.54) is 12.3 Å². The molecular formula is C12H10O3S. The maximum absolute atomic E-state index is 12.0. The van der Waals surface area contributed by atoms with Crippen molar-refractivity contribution in [2.75, 3.05) is 0 Å². The first-order valence-corrected chi connectivity index (χ1v) is 5.90. The molecule has 0 amide bonds. The van der Waals surface area contributed by atoms with Crippen LogP contribution in [0.3, 0.4) is 0 Å². The van der Waals surface area contributed by atoms with Gasteiger partial charge in [0, 0.05) is 4.90 Å². The van der Waals surface area contributed by atoms with Crippen LogP contribution in [-0.4, -0.2) is 4.21 Å². The van der Waals surface area contributed by atoms with Crippen LogP contribution in [-0.2, 0) is 10.8 Å². The smallest absolute Gasteiger partial charge is 0.352 e. The molecule has 16 heavy (non-hydrogen) atoms. The summed E-state index contributed by atoms with van der Waals surface area (Å²) in [6.07, 6.45) is 1.28. The minimum atomic E-state index is -1.47. The van der Waals surface area contributed by atoms with Crippen molar-refractivity contribution in [3.05, 3.63) is 58.6 Å². The fraction of sp³-hybridized carbons (Fsp3) is 0.0833. The van der Waals surface area contributed by atoms with Gasteiger partial charge in [0.1, 0.15) is 4.90 Å². The first-order chi connectivity index (χ1) is 7.68. The molecule has 1 aromatic heterocycles. The number of hydrogen-bond acceptors (Lipinski definition) is 3. The highest BCUT2D eigenvalue weighted by molar-refractivity contribution is 7.85. The fourth-order valence-corrected chi connectivity index (χ4v) is 2.32. The van der Waals surface area contributed by atoms with Gasteiger partial charge in [0.25, 0.3) is 0 Å². The Balaban J connectivity index is 2.44. The molecule has 1 aromatic carbocycles. The molecule has 3 nitrogen and oxygen atoms in total. The second-order valence-corrected chi connectivity index (χ2v) is 4.80. The molecule has 1 atom stereocenters. The Morgan fingerprint density at radius 2 is 1.81 bits per heavy atom. The Morgan fingerprint density at radius 3 is 2.44 bits per heavy atom. The summed E-state index contributed by atoms with van der Waals surface area (Å²) >= 11 is 0. The van der Waals surface area contributed by atoms with E-state index < -0.39 is 16.4 Å². The largest absolute Gasteiger partial charge is 0.430 e. The molecule has 2 aromatic rings. The lowest BCUT2D eigenvalue weighted by molar-refractivity contribution is 0.493. The molecule has 0 aliphatic carbocycles. The molecular weight excluding hydrogens is 224 g/mol. The van der Waals surface area contributed by atoms with Crippen LogP contribution < -0.4 is 5.63 Å². The van der Waals surface area contributed by atoms with Gasteiger partial charge in [-0.05, 0) is 31.2 Å². The van der Waals surface area contributed by atoms with Gasteiger partial charge in [-0.1, -0.05) is 17.7 Å². The van der Waals surface area contributed by atoms with Crippen molar-refractivity contribution in [3.63, 3.8) is 0 Å². The average Bonchev–Trinajstić information content (AvgIpc) is 2.30. The summed E-state index contributed by atoms with van der Waals surface area (Å²) in [6.45, 7) is 1.95. The minimum absolute atomic E-state index is 0.173. The highest BCUT2D eigenvalue weighted by Crippen LogP contribution is 2.13. The predicted molar refractivity (Wildman–Crippen MR) is 60.8 cm³/mol. The van der Waals surface area contributed by atoms with Crippen LogP contribution in [0.15, 0.2) is 61.7 Å². The quantitative estimate of drug-likeness (QED) is 0.799. The molecule has 0 aliphatic heterocycles. The summed E-state index contributed by atoms with van der Waals surface area (Å²) in [5, 5.41) is 0. The minimum Gasteiger partial charge on any atom is -0.430 e. The Labute approximate surface area is 95.2 Å². The van der Waals surface area contributed by atoms with Crippen molar-refractivity contribution in [1.29, 1.82) is 0 Å². The molecule has 0 saturated heterocycles. The van der Waals surface area contributed by atoms with Crippen LogP contribution in [0.5, 0.6) is 0 Å². The molecule has 1 heterocycles. The summed E-state index contributed by atoms with van der Waals surface area (Å²) in [4.78, 5) is 12.1. The molecule has 0 saturated carbocycles. The summed E-state index contributed by atoms with van der Waals surface area (Å²) in [5.74, 6) is 0. The maximum Gasteiger partial charge on any atom is 0.352 e. The Hall–Kier alpha value is -1.68. The predicted octanol–water partition coefficient (Wildman–Crippen LogP) is 2.11. The van der Waals surface area contributed by atoms with Crippen LogP contribution in [0.2, 0.25) is 0 Å². The molecule has 0 aliphatic rings. The number of rotatable bonds is 2. The van der Waals surface area contributed by atoms with E-state index in [0.717, 1.165) is 5.56 Å². The standard InChI is InChI=1S/C12H10O3S/c1-9-4-6-10(7-5-9)16(14)11-3-2-8-15-12(11)13/h2-8H,1H3. The highest BCUT2D eigenvalue weighted by Gasteiger charge is 2.11. The van der Waals surface area contributed by atoms with Gasteiger partial charge in [-0.3, -0.25) is 0 Å². The van der Waals surface area contributed by atoms with Crippen LogP contribution >= 0.6 is 0 Å². The number of hydrogen-bond donors (Lipinski definition) is 0. The molecule has 2 rings (SSSR count). The monoisotopic (exact) mass is 234 g/mol. The Kier molecular flexibility index (Phi) is 3.01. The molecule has 0 N–H and O–H groups in total. The lowest BCUT2D eigenvalue weighted by Crippen LogP contribution is -2.08. The third kappa shape index (κ3) is 2.12. The lowest BCUT2D eigenvalue weighted by Gasteiger charge is -2.00. The van der Waals surface area contributed by atoms with Crippen LogP contribution in [0, 0.1) is 6.92 Å². The van der Waals surface area contributed by atoms with Crippen LogP contribution in [0.4, 0.5) is 0 Å². The van der Waals surface area contributed by atoms with Gasteiger partial charge in [0.2, 0.25) is 0 Å². The van der Waals surface area contributed by atoms with Gasteiger partial charge < -0.3 is 4.42 Å². The van der Waals surface area contributed by atoms with E-state index in [1.54, 1.807) is 18.2 Å². The molecule has 1 unspecified atom stereocenters. The van der Waals surface area contributed by atoms with Crippen molar-refractivity contribution in [2.45, 2.75) is 16.7 Å². The van der Waals surface area contributed by atoms with Gasteiger partial charge in [0.05, 0.1) is 17.1 Å². The van der Waals surface area contributed by atoms with Gasteiger partial charge in [-0.15, -0.1) is 0 Å². The molecule has 0 spiro atoms. The molecule has 0 bridgehead atoms. The van der Waals surface area contributed by atoms with Crippen molar-refractivity contribution >= 4 is 10.8 Å². The van der Waals surface area contributed by atoms with Crippen molar-refractivity contribution in [2.24, 2.45) is 0 Å². The molecule has 82 valence electrons. The van der Waals surface area contributed by atoms with Gasteiger partial charge in [-0.2, -0.15) is 0 Å².